The second-order valence-corrected chi connectivity index (χ2v) is 6.08. The predicted molar refractivity (Wildman–Crippen MR) is 94.6 cm³/mol. The van der Waals surface area contributed by atoms with Crippen LogP contribution in [0, 0.1) is 0 Å². The van der Waals surface area contributed by atoms with Crippen molar-refractivity contribution in [2.75, 3.05) is 5.32 Å². The van der Waals surface area contributed by atoms with E-state index in [0.29, 0.717) is 6.54 Å². The molecule has 0 spiro atoms. The average molecular weight is 306 g/mol. The van der Waals surface area contributed by atoms with E-state index < -0.39 is 0 Å². The number of benzene rings is 3. The van der Waals surface area contributed by atoms with E-state index in [1.807, 2.05) is 36.4 Å². The molecule has 0 bridgehead atoms. The number of hydrogen-bond acceptors (Lipinski definition) is 3. The highest BCUT2D eigenvalue weighted by Crippen LogP contribution is 2.31. The van der Waals surface area contributed by atoms with Gasteiger partial charge < -0.3 is 11.1 Å². The first-order valence-corrected chi connectivity index (χ1v) is 8.05. The molecule has 3 N–H and O–H groups in total. The van der Waals surface area contributed by atoms with Gasteiger partial charge in [-0.15, -0.1) is 0 Å². The quantitative estimate of drug-likeness (QED) is 0.693. The normalized spacial score (nSPS) is 10.4. The zero-order valence-corrected chi connectivity index (χ0v) is 13.0. The first-order valence-electron chi connectivity index (χ1n) is 7.23. The number of rotatable bonds is 5. The number of hydrogen-bond donors (Lipinski definition) is 2. The van der Waals surface area contributed by atoms with Crippen LogP contribution in [0.5, 0.6) is 0 Å². The fourth-order valence-corrected chi connectivity index (χ4v) is 3.13. The van der Waals surface area contributed by atoms with Crippen molar-refractivity contribution in [2.45, 2.75) is 16.3 Å². The molecule has 3 aromatic rings. The van der Waals surface area contributed by atoms with Crippen LogP contribution in [0.25, 0.3) is 0 Å². The van der Waals surface area contributed by atoms with Crippen molar-refractivity contribution in [2.24, 2.45) is 5.73 Å². The van der Waals surface area contributed by atoms with Crippen molar-refractivity contribution in [1.82, 2.24) is 0 Å². The highest BCUT2D eigenvalue weighted by atomic mass is 32.2. The molecule has 110 valence electrons. The van der Waals surface area contributed by atoms with Gasteiger partial charge in [0.2, 0.25) is 0 Å². The van der Waals surface area contributed by atoms with Gasteiger partial charge in [0.05, 0.1) is 0 Å². The summed E-state index contributed by atoms with van der Waals surface area (Å²) in [5.74, 6) is 0. The molecule has 22 heavy (non-hydrogen) atoms. The van der Waals surface area contributed by atoms with Gasteiger partial charge in [0.1, 0.15) is 0 Å². The summed E-state index contributed by atoms with van der Waals surface area (Å²) in [6.45, 7) is 0.512. The van der Waals surface area contributed by atoms with Gasteiger partial charge in [-0.2, -0.15) is 0 Å². The Hall–Kier alpha value is -2.23. The molecule has 0 heterocycles. The van der Waals surface area contributed by atoms with Gasteiger partial charge in [-0.3, -0.25) is 0 Å². The molecule has 0 fully saturated rings. The van der Waals surface area contributed by atoms with Crippen molar-refractivity contribution in [3.63, 3.8) is 0 Å². The minimum Gasteiger partial charge on any atom is -0.355 e. The Morgan fingerprint density at radius 2 is 1.45 bits per heavy atom. The highest BCUT2D eigenvalue weighted by molar-refractivity contribution is 7.99. The van der Waals surface area contributed by atoms with Crippen LogP contribution in [0.1, 0.15) is 5.56 Å². The summed E-state index contributed by atoms with van der Waals surface area (Å²) in [6, 6.07) is 26.9. The Kier molecular flexibility index (Phi) is 4.78. The van der Waals surface area contributed by atoms with Crippen LogP contribution < -0.4 is 11.1 Å². The summed E-state index contributed by atoms with van der Waals surface area (Å²) in [7, 11) is 0. The minimum absolute atomic E-state index is 0.512. The standard InChI is InChI=1S/C19H18N2S/c20-14-15-13-18(22-17-9-5-2-6-10-17)11-12-19(15)21-16-7-3-1-4-8-16/h1-13,21H,14,20H2. The fourth-order valence-electron chi connectivity index (χ4n) is 2.23. The van der Waals surface area contributed by atoms with Gasteiger partial charge in [-0.25, -0.2) is 0 Å². The van der Waals surface area contributed by atoms with Gasteiger partial charge in [-0.05, 0) is 48.0 Å². The third-order valence-electron chi connectivity index (χ3n) is 3.33. The molecule has 0 radical (unpaired) electrons. The van der Waals surface area contributed by atoms with Crippen LogP contribution in [0.2, 0.25) is 0 Å². The van der Waals surface area contributed by atoms with E-state index in [-0.39, 0.29) is 0 Å². The second kappa shape index (κ2) is 7.16. The van der Waals surface area contributed by atoms with Crippen molar-refractivity contribution in [1.29, 1.82) is 0 Å². The van der Waals surface area contributed by atoms with Crippen molar-refractivity contribution >= 4 is 23.1 Å². The first-order chi connectivity index (χ1) is 10.8. The van der Waals surface area contributed by atoms with Crippen molar-refractivity contribution < 1.29 is 0 Å². The van der Waals surface area contributed by atoms with Gasteiger partial charge >= 0.3 is 0 Å². The molecule has 0 aliphatic rings. The molecule has 3 rings (SSSR count). The lowest BCUT2D eigenvalue weighted by Gasteiger charge is -2.12. The summed E-state index contributed by atoms with van der Waals surface area (Å²) in [5.41, 5.74) is 9.16. The van der Waals surface area contributed by atoms with Crippen molar-refractivity contribution in [3.8, 4) is 0 Å². The third-order valence-corrected chi connectivity index (χ3v) is 4.33. The Balaban J connectivity index is 1.81. The number of nitrogens with one attached hydrogen (secondary N) is 1. The third kappa shape index (κ3) is 3.70. The van der Waals surface area contributed by atoms with Crippen LogP contribution in [-0.2, 0) is 6.54 Å². The zero-order chi connectivity index (χ0) is 15.2. The molecule has 0 saturated carbocycles. The van der Waals surface area contributed by atoms with E-state index in [9.17, 15) is 0 Å². The lowest BCUT2D eigenvalue weighted by atomic mass is 10.1. The van der Waals surface area contributed by atoms with E-state index in [1.165, 1.54) is 9.79 Å². The summed E-state index contributed by atoms with van der Waals surface area (Å²) in [6.07, 6.45) is 0. The van der Waals surface area contributed by atoms with E-state index in [2.05, 4.69) is 47.8 Å². The van der Waals surface area contributed by atoms with Gasteiger partial charge in [0.15, 0.2) is 0 Å². The van der Waals surface area contributed by atoms with E-state index in [0.717, 1.165) is 16.9 Å². The Morgan fingerprint density at radius 3 is 2.14 bits per heavy atom. The molecule has 0 unspecified atom stereocenters. The van der Waals surface area contributed by atoms with Crippen LogP contribution in [0.3, 0.4) is 0 Å². The van der Waals surface area contributed by atoms with E-state index in [4.69, 9.17) is 5.73 Å². The number of anilines is 2. The predicted octanol–water partition coefficient (Wildman–Crippen LogP) is 5.04. The van der Waals surface area contributed by atoms with Gasteiger partial charge in [0.25, 0.3) is 0 Å². The van der Waals surface area contributed by atoms with Crippen LogP contribution in [0.4, 0.5) is 11.4 Å². The van der Waals surface area contributed by atoms with E-state index in [1.54, 1.807) is 11.8 Å². The van der Waals surface area contributed by atoms with Crippen LogP contribution >= 0.6 is 11.8 Å². The molecule has 0 aromatic heterocycles. The molecule has 3 aromatic carbocycles. The van der Waals surface area contributed by atoms with Crippen LogP contribution in [-0.4, -0.2) is 0 Å². The smallest absolute Gasteiger partial charge is 0.0430 e. The SMILES string of the molecule is NCc1cc(Sc2ccccc2)ccc1Nc1ccccc1. The average Bonchev–Trinajstić information content (AvgIpc) is 2.58. The number of para-hydroxylation sites is 1. The maximum absolute atomic E-state index is 5.92. The van der Waals surface area contributed by atoms with E-state index >= 15 is 0 Å². The van der Waals surface area contributed by atoms with Crippen LogP contribution in [0.15, 0.2) is 88.7 Å². The second-order valence-electron chi connectivity index (χ2n) is 4.93. The summed E-state index contributed by atoms with van der Waals surface area (Å²) < 4.78 is 0. The van der Waals surface area contributed by atoms with Gasteiger partial charge in [0, 0.05) is 27.7 Å². The monoisotopic (exact) mass is 306 g/mol. The summed E-state index contributed by atoms with van der Waals surface area (Å²) in [4.78, 5) is 2.43. The Labute approximate surface area is 135 Å². The topological polar surface area (TPSA) is 38.0 Å². The molecular weight excluding hydrogens is 288 g/mol. The van der Waals surface area contributed by atoms with Crippen molar-refractivity contribution in [3.05, 3.63) is 84.4 Å². The molecule has 0 amide bonds. The minimum atomic E-state index is 0.512. The molecule has 0 saturated heterocycles. The molecular formula is C19H18N2S. The summed E-state index contributed by atoms with van der Waals surface area (Å²) >= 11 is 1.75. The molecule has 0 aliphatic heterocycles. The lowest BCUT2D eigenvalue weighted by molar-refractivity contribution is 1.06. The Bertz CT molecular complexity index is 727. The molecule has 2 nitrogen and oxygen atoms in total. The largest absolute Gasteiger partial charge is 0.355 e. The molecule has 0 aliphatic carbocycles. The maximum Gasteiger partial charge on any atom is 0.0430 e. The molecule has 0 atom stereocenters. The lowest BCUT2D eigenvalue weighted by Crippen LogP contribution is -2.02. The highest BCUT2D eigenvalue weighted by Gasteiger charge is 2.04. The zero-order valence-electron chi connectivity index (χ0n) is 12.2. The molecule has 3 heteroatoms. The fraction of sp³-hybridized carbons (Fsp3) is 0.0526. The number of nitrogens with two attached hydrogens (primary N) is 1. The Morgan fingerprint density at radius 1 is 0.773 bits per heavy atom. The van der Waals surface area contributed by atoms with Gasteiger partial charge in [-0.1, -0.05) is 48.2 Å². The first kappa shape index (κ1) is 14.7. The maximum atomic E-state index is 5.92. The summed E-state index contributed by atoms with van der Waals surface area (Å²) in [5, 5.41) is 3.43.